The van der Waals surface area contributed by atoms with E-state index >= 15 is 0 Å². The summed E-state index contributed by atoms with van der Waals surface area (Å²) in [6.45, 7) is 2.29. The maximum atomic E-state index is 12.0. The van der Waals surface area contributed by atoms with Gasteiger partial charge in [0.1, 0.15) is 5.82 Å². The molecule has 2 heterocycles. The lowest BCUT2D eigenvalue weighted by Crippen LogP contribution is -2.28. The number of esters is 1. The van der Waals surface area contributed by atoms with E-state index in [0.29, 0.717) is 17.8 Å². The van der Waals surface area contributed by atoms with Crippen LogP contribution < -0.4 is 10.6 Å². The Labute approximate surface area is 162 Å². The van der Waals surface area contributed by atoms with Crippen molar-refractivity contribution in [2.24, 2.45) is 0 Å². The fraction of sp³-hybridized carbons (Fsp3) is 0.143. The molecule has 0 spiro atoms. The van der Waals surface area contributed by atoms with Crippen LogP contribution in [0.4, 0.5) is 10.6 Å². The average Bonchev–Trinajstić information content (AvgIpc) is 2.74. The first-order valence-corrected chi connectivity index (χ1v) is 8.76. The number of hydrogen-bond donors (Lipinski definition) is 2. The minimum absolute atomic E-state index is 0.264. The molecule has 3 aromatic rings. The van der Waals surface area contributed by atoms with Crippen LogP contribution in [0, 0.1) is 0 Å². The molecule has 2 amide bonds. The zero-order valence-electron chi connectivity index (χ0n) is 15.6. The van der Waals surface area contributed by atoms with Crippen molar-refractivity contribution in [1.29, 1.82) is 0 Å². The predicted octanol–water partition coefficient (Wildman–Crippen LogP) is 3.74. The number of nitrogens with one attached hydrogen (secondary N) is 2. The molecule has 7 nitrogen and oxygen atoms in total. The molecule has 0 unspecified atom stereocenters. The van der Waals surface area contributed by atoms with Crippen molar-refractivity contribution in [2.75, 3.05) is 19.0 Å². The highest BCUT2D eigenvalue weighted by molar-refractivity contribution is 5.94. The van der Waals surface area contributed by atoms with Gasteiger partial charge in [0.2, 0.25) is 0 Å². The second-order valence-corrected chi connectivity index (χ2v) is 5.92. The number of methoxy groups -OCH3 is 1. The number of carbonyl (C=O) groups is 2. The fourth-order valence-electron chi connectivity index (χ4n) is 2.67. The van der Waals surface area contributed by atoms with E-state index in [9.17, 15) is 9.59 Å². The van der Waals surface area contributed by atoms with Gasteiger partial charge in [-0.3, -0.25) is 10.3 Å². The minimum atomic E-state index is -0.505. The van der Waals surface area contributed by atoms with Gasteiger partial charge in [0.15, 0.2) is 0 Å². The summed E-state index contributed by atoms with van der Waals surface area (Å²) in [6.07, 6.45) is 3.52. The zero-order chi connectivity index (χ0) is 19.9. The van der Waals surface area contributed by atoms with Crippen LogP contribution in [0.2, 0.25) is 0 Å². The smallest absolute Gasteiger partial charge is 0.338 e. The number of amides is 2. The molecule has 0 saturated heterocycles. The van der Waals surface area contributed by atoms with Gasteiger partial charge in [-0.2, -0.15) is 0 Å². The number of nitrogens with zero attached hydrogens (tertiary/aromatic N) is 2. The first-order valence-electron chi connectivity index (χ1n) is 8.76. The second kappa shape index (κ2) is 8.77. The number of hydrogen-bond acceptors (Lipinski definition) is 5. The topological polar surface area (TPSA) is 93.2 Å². The van der Waals surface area contributed by atoms with Crippen LogP contribution in [0.25, 0.3) is 22.4 Å². The van der Waals surface area contributed by atoms with E-state index in [-0.39, 0.29) is 5.82 Å². The van der Waals surface area contributed by atoms with Gasteiger partial charge in [0, 0.05) is 24.5 Å². The molecule has 142 valence electrons. The van der Waals surface area contributed by atoms with E-state index in [2.05, 4.69) is 20.6 Å². The third kappa shape index (κ3) is 4.50. The molecular weight excluding hydrogens is 356 g/mol. The van der Waals surface area contributed by atoms with E-state index in [1.807, 2.05) is 43.3 Å². The van der Waals surface area contributed by atoms with Crippen molar-refractivity contribution in [2.45, 2.75) is 6.92 Å². The van der Waals surface area contributed by atoms with Gasteiger partial charge >= 0.3 is 12.0 Å². The first kappa shape index (κ1) is 19.0. The fourth-order valence-corrected chi connectivity index (χ4v) is 2.67. The lowest BCUT2D eigenvalue weighted by Gasteiger charge is -2.10. The summed E-state index contributed by atoms with van der Waals surface area (Å²) in [7, 11) is 1.31. The Morgan fingerprint density at radius 2 is 1.79 bits per heavy atom. The van der Waals surface area contributed by atoms with Gasteiger partial charge in [0.05, 0.1) is 18.4 Å². The Morgan fingerprint density at radius 1 is 1.04 bits per heavy atom. The molecule has 0 bridgehead atoms. The summed E-state index contributed by atoms with van der Waals surface area (Å²) < 4.78 is 4.81. The summed E-state index contributed by atoms with van der Waals surface area (Å²) in [6, 6.07) is 14.3. The van der Waals surface area contributed by atoms with Crippen LogP contribution in [-0.2, 0) is 4.74 Å². The number of rotatable bonds is 5. The number of urea groups is 1. The molecule has 0 aliphatic rings. The number of benzene rings is 1. The highest BCUT2D eigenvalue weighted by atomic mass is 16.5. The van der Waals surface area contributed by atoms with Gasteiger partial charge in [-0.25, -0.2) is 14.6 Å². The monoisotopic (exact) mass is 376 g/mol. The molecule has 2 aromatic heterocycles. The van der Waals surface area contributed by atoms with Crippen molar-refractivity contribution in [3.05, 3.63) is 66.5 Å². The molecule has 2 N–H and O–H groups in total. The standard InChI is InChI=1S/C21H20N4O3/c1-3-23-21(27)25-19-12-17(20(26)28-2)11-18(24-19)15-8-6-14(7-9-15)16-5-4-10-22-13-16/h4-13H,3H2,1-2H3,(H2,23,24,25,27). The van der Waals surface area contributed by atoms with E-state index in [4.69, 9.17) is 4.74 Å². The molecule has 7 heteroatoms. The largest absolute Gasteiger partial charge is 0.465 e. The van der Waals surface area contributed by atoms with E-state index in [1.165, 1.54) is 13.2 Å². The quantitative estimate of drug-likeness (QED) is 0.662. The number of anilines is 1. The van der Waals surface area contributed by atoms with Gasteiger partial charge in [0.25, 0.3) is 0 Å². The molecule has 0 fully saturated rings. The number of pyridine rings is 2. The van der Waals surface area contributed by atoms with E-state index < -0.39 is 12.0 Å². The van der Waals surface area contributed by atoms with Gasteiger partial charge in [-0.05, 0) is 36.2 Å². The average molecular weight is 376 g/mol. The molecule has 0 saturated carbocycles. The van der Waals surface area contributed by atoms with Crippen molar-refractivity contribution in [3.8, 4) is 22.4 Å². The lowest BCUT2D eigenvalue weighted by molar-refractivity contribution is 0.0600. The Kier molecular flexibility index (Phi) is 5.96. The normalized spacial score (nSPS) is 10.2. The molecular formula is C21H20N4O3. The predicted molar refractivity (Wildman–Crippen MR) is 107 cm³/mol. The molecule has 3 rings (SSSR count). The number of aromatic nitrogens is 2. The van der Waals surface area contributed by atoms with Gasteiger partial charge in [-0.15, -0.1) is 0 Å². The number of carbonyl (C=O) groups excluding carboxylic acids is 2. The van der Waals surface area contributed by atoms with Crippen LogP contribution in [-0.4, -0.2) is 35.6 Å². The van der Waals surface area contributed by atoms with Crippen LogP contribution >= 0.6 is 0 Å². The van der Waals surface area contributed by atoms with Crippen molar-refractivity contribution in [3.63, 3.8) is 0 Å². The highest BCUT2D eigenvalue weighted by Crippen LogP contribution is 2.25. The van der Waals surface area contributed by atoms with Crippen LogP contribution in [0.15, 0.2) is 60.9 Å². The van der Waals surface area contributed by atoms with E-state index in [1.54, 1.807) is 18.5 Å². The zero-order valence-corrected chi connectivity index (χ0v) is 15.6. The maximum absolute atomic E-state index is 12.0. The van der Waals surface area contributed by atoms with Gasteiger partial charge < -0.3 is 10.1 Å². The third-order valence-corrected chi connectivity index (χ3v) is 4.00. The third-order valence-electron chi connectivity index (χ3n) is 4.00. The second-order valence-electron chi connectivity index (χ2n) is 5.92. The number of ether oxygens (including phenoxy) is 1. The lowest BCUT2D eigenvalue weighted by atomic mass is 10.0. The maximum Gasteiger partial charge on any atom is 0.338 e. The van der Waals surface area contributed by atoms with Crippen molar-refractivity contribution < 1.29 is 14.3 Å². The van der Waals surface area contributed by atoms with Crippen LogP contribution in [0.3, 0.4) is 0 Å². The summed E-state index contributed by atoms with van der Waals surface area (Å²) >= 11 is 0. The SMILES string of the molecule is CCNC(=O)Nc1cc(C(=O)OC)cc(-c2ccc(-c3cccnc3)cc2)n1. The highest BCUT2D eigenvalue weighted by Gasteiger charge is 2.13. The Morgan fingerprint density at radius 3 is 2.43 bits per heavy atom. The molecule has 0 aliphatic carbocycles. The minimum Gasteiger partial charge on any atom is -0.465 e. The Hall–Kier alpha value is -3.74. The van der Waals surface area contributed by atoms with Crippen LogP contribution in [0.5, 0.6) is 0 Å². The molecule has 1 aromatic carbocycles. The summed E-state index contributed by atoms with van der Waals surface area (Å²) in [5.74, 6) is -0.241. The summed E-state index contributed by atoms with van der Waals surface area (Å²) in [5, 5.41) is 5.26. The Bertz CT molecular complexity index is 973. The van der Waals surface area contributed by atoms with Crippen molar-refractivity contribution in [1.82, 2.24) is 15.3 Å². The summed E-state index contributed by atoms with van der Waals surface area (Å²) in [5.41, 5.74) is 3.67. The summed E-state index contributed by atoms with van der Waals surface area (Å²) in [4.78, 5) is 32.4. The van der Waals surface area contributed by atoms with E-state index in [0.717, 1.165) is 16.7 Å². The molecule has 0 radical (unpaired) electrons. The molecule has 0 atom stereocenters. The molecule has 28 heavy (non-hydrogen) atoms. The first-order chi connectivity index (χ1) is 13.6. The van der Waals surface area contributed by atoms with Crippen molar-refractivity contribution >= 4 is 17.8 Å². The molecule has 0 aliphatic heterocycles. The Balaban J connectivity index is 1.95. The van der Waals surface area contributed by atoms with Crippen LogP contribution in [0.1, 0.15) is 17.3 Å². The van der Waals surface area contributed by atoms with Gasteiger partial charge in [-0.1, -0.05) is 30.3 Å².